The van der Waals surface area contributed by atoms with Crippen molar-refractivity contribution in [2.45, 2.75) is 24.9 Å². The summed E-state index contributed by atoms with van der Waals surface area (Å²) in [6.45, 7) is 1.17. The number of methoxy groups -OCH3 is 2. The Kier molecular flexibility index (Phi) is 6.70. The lowest BCUT2D eigenvalue weighted by atomic mass is 10.1. The van der Waals surface area contributed by atoms with Crippen molar-refractivity contribution in [3.63, 3.8) is 0 Å². The topological polar surface area (TPSA) is 118 Å². The summed E-state index contributed by atoms with van der Waals surface area (Å²) in [6, 6.07) is 2.40. The Hall–Kier alpha value is -2.24. The number of hydrogen-bond donors (Lipinski definition) is 1. The van der Waals surface area contributed by atoms with E-state index in [2.05, 4.69) is 10.3 Å². The maximum Gasteiger partial charge on any atom is 0.253 e. The molecule has 2 aliphatic rings. The van der Waals surface area contributed by atoms with Gasteiger partial charge in [-0.3, -0.25) is 14.5 Å². The number of aromatic nitrogens is 1. The van der Waals surface area contributed by atoms with E-state index in [9.17, 15) is 18.0 Å². The number of nitrogens with zero attached hydrogens (tertiary/aromatic N) is 3. The van der Waals surface area contributed by atoms with Gasteiger partial charge in [0.25, 0.3) is 11.8 Å². The summed E-state index contributed by atoms with van der Waals surface area (Å²) >= 11 is 0. The van der Waals surface area contributed by atoms with Crippen molar-refractivity contribution in [2.24, 2.45) is 0 Å². The van der Waals surface area contributed by atoms with Gasteiger partial charge >= 0.3 is 0 Å². The van der Waals surface area contributed by atoms with E-state index in [-0.39, 0.29) is 30.8 Å². The minimum Gasteiger partial charge on any atom is -0.481 e. The molecule has 0 aromatic carbocycles. The van der Waals surface area contributed by atoms with Crippen LogP contribution in [0.15, 0.2) is 18.3 Å². The van der Waals surface area contributed by atoms with Crippen LogP contribution in [0.1, 0.15) is 23.2 Å². The molecule has 2 fully saturated rings. The van der Waals surface area contributed by atoms with Gasteiger partial charge in [0, 0.05) is 51.7 Å². The lowest BCUT2D eigenvalue weighted by molar-refractivity contribution is -0.130. The minimum atomic E-state index is -3.64. The zero-order valence-corrected chi connectivity index (χ0v) is 17.4. The summed E-state index contributed by atoms with van der Waals surface area (Å²) < 4.78 is 35.9. The van der Waals surface area contributed by atoms with Gasteiger partial charge < -0.3 is 14.8 Å². The number of fused-ring (bicyclic) bond motifs is 1. The van der Waals surface area contributed by atoms with Gasteiger partial charge in [-0.15, -0.1) is 0 Å². The zero-order chi connectivity index (χ0) is 21.0. The largest absolute Gasteiger partial charge is 0.481 e. The van der Waals surface area contributed by atoms with E-state index in [1.54, 1.807) is 12.1 Å². The van der Waals surface area contributed by atoms with Gasteiger partial charge in [-0.1, -0.05) is 0 Å². The Morgan fingerprint density at radius 3 is 2.79 bits per heavy atom. The van der Waals surface area contributed by atoms with E-state index in [0.29, 0.717) is 37.4 Å². The zero-order valence-electron chi connectivity index (χ0n) is 16.5. The van der Waals surface area contributed by atoms with Gasteiger partial charge in [0.15, 0.2) is 0 Å². The number of hydrogen-bond acceptors (Lipinski definition) is 8. The number of rotatable bonds is 7. The number of ether oxygens (including phenoxy) is 2. The molecule has 2 atom stereocenters. The van der Waals surface area contributed by atoms with Crippen LogP contribution < -0.4 is 10.1 Å². The second kappa shape index (κ2) is 9.06. The third kappa shape index (κ3) is 4.85. The predicted octanol–water partition coefficient (Wildman–Crippen LogP) is -0.529. The smallest absolute Gasteiger partial charge is 0.253 e. The van der Waals surface area contributed by atoms with Crippen LogP contribution in [0.3, 0.4) is 0 Å². The molecular formula is C18H26N4O6S. The number of pyridine rings is 1. The summed E-state index contributed by atoms with van der Waals surface area (Å²) in [5, 5.41) is 2.92. The molecule has 0 radical (unpaired) electrons. The van der Waals surface area contributed by atoms with Crippen LogP contribution in [0.5, 0.6) is 5.88 Å². The minimum absolute atomic E-state index is 0.105. The Morgan fingerprint density at radius 2 is 2.14 bits per heavy atom. The molecule has 0 saturated carbocycles. The van der Waals surface area contributed by atoms with Gasteiger partial charge in [-0.05, 0) is 18.9 Å². The number of sulfonamides is 1. The van der Waals surface area contributed by atoms with Crippen molar-refractivity contribution in [3.8, 4) is 5.88 Å². The maximum absolute atomic E-state index is 12.9. The molecule has 10 nitrogen and oxygen atoms in total. The highest BCUT2D eigenvalue weighted by atomic mass is 32.2. The molecule has 3 heterocycles. The molecular weight excluding hydrogens is 400 g/mol. The Morgan fingerprint density at radius 1 is 1.34 bits per heavy atom. The van der Waals surface area contributed by atoms with Crippen LogP contribution in [0.25, 0.3) is 0 Å². The van der Waals surface area contributed by atoms with Crippen LogP contribution in [-0.4, -0.2) is 92.7 Å². The first-order valence-electron chi connectivity index (χ1n) is 9.44. The number of amides is 2. The number of carbonyl (C=O) groups is 2. The van der Waals surface area contributed by atoms with Gasteiger partial charge in [0.2, 0.25) is 15.9 Å². The highest BCUT2D eigenvalue weighted by molar-refractivity contribution is 7.89. The first-order chi connectivity index (χ1) is 13.9. The van der Waals surface area contributed by atoms with Crippen LogP contribution in [0.2, 0.25) is 0 Å². The van der Waals surface area contributed by atoms with Crippen molar-refractivity contribution >= 4 is 21.8 Å². The molecule has 3 rings (SSSR count). The fourth-order valence-electron chi connectivity index (χ4n) is 3.66. The van der Waals surface area contributed by atoms with Crippen molar-refractivity contribution in [2.75, 3.05) is 46.2 Å². The first kappa shape index (κ1) is 21.5. The molecule has 29 heavy (non-hydrogen) atoms. The maximum atomic E-state index is 12.9. The van der Waals surface area contributed by atoms with Gasteiger partial charge in [-0.25, -0.2) is 17.7 Å². The van der Waals surface area contributed by atoms with Crippen molar-refractivity contribution in [3.05, 3.63) is 23.9 Å². The number of carbonyl (C=O) groups excluding carboxylic acids is 2. The van der Waals surface area contributed by atoms with Crippen molar-refractivity contribution in [1.29, 1.82) is 0 Å². The highest BCUT2D eigenvalue weighted by Crippen LogP contribution is 2.25. The van der Waals surface area contributed by atoms with Crippen LogP contribution in [-0.2, 0) is 19.6 Å². The van der Waals surface area contributed by atoms with E-state index < -0.39 is 22.0 Å². The normalized spacial score (nSPS) is 24.1. The number of nitrogens with one attached hydrogen (secondary N) is 1. The summed E-state index contributed by atoms with van der Waals surface area (Å²) in [4.78, 5) is 31.3. The van der Waals surface area contributed by atoms with Gasteiger partial charge in [0.05, 0.1) is 24.5 Å². The van der Waals surface area contributed by atoms with E-state index in [1.807, 2.05) is 4.90 Å². The average Bonchev–Trinajstić information content (AvgIpc) is 3.08. The first-order valence-corrected chi connectivity index (χ1v) is 11.0. The van der Waals surface area contributed by atoms with E-state index in [0.717, 1.165) is 4.31 Å². The summed E-state index contributed by atoms with van der Waals surface area (Å²) in [5.41, 5.74) is 0.392. The van der Waals surface area contributed by atoms with Crippen LogP contribution in [0.4, 0.5) is 0 Å². The molecule has 0 bridgehead atoms. The lowest BCUT2D eigenvalue weighted by Gasteiger charge is -2.23. The van der Waals surface area contributed by atoms with Crippen molar-refractivity contribution in [1.82, 2.24) is 19.5 Å². The average molecular weight is 426 g/mol. The summed E-state index contributed by atoms with van der Waals surface area (Å²) in [6.07, 6.45) is 2.24. The molecule has 2 saturated heterocycles. The third-order valence-corrected chi connectivity index (χ3v) is 6.89. The predicted molar refractivity (Wildman–Crippen MR) is 104 cm³/mol. The third-order valence-electron chi connectivity index (χ3n) is 5.16. The fraction of sp³-hybridized carbons (Fsp3) is 0.611. The standard InChI is InChI=1S/C18H26N4O6S/c1-27-8-3-6-22-18(24)15-10-14(12-21(15)7-9-29(22,25)26)20-17(23)13-4-5-16(28-2)19-11-13/h4-5,11,14-15H,3,6-10,12H2,1-2H3,(H,20,23). The Labute approximate surface area is 170 Å². The van der Waals surface area contributed by atoms with Crippen molar-refractivity contribution < 1.29 is 27.5 Å². The lowest BCUT2D eigenvalue weighted by Crippen LogP contribution is -2.44. The molecule has 2 amide bonds. The molecule has 2 aliphatic heterocycles. The summed E-state index contributed by atoms with van der Waals surface area (Å²) in [7, 11) is -0.617. The van der Waals surface area contributed by atoms with E-state index in [4.69, 9.17) is 9.47 Å². The molecule has 1 N–H and O–H groups in total. The second-order valence-electron chi connectivity index (χ2n) is 7.08. The fourth-order valence-corrected chi connectivity index (χ4v) is 5.15. The Bertz CT molecular complexity index is 844. The van der Waals surface area contributed by atoms with E-state index in [1.165, 1.54) is 20.4 Å². The molecule has 160 valence electrons. The second-order valence-corrected chi connectivity index (χ2v) is 9.09. The monoisotopic (exact) mass is 426 g/mol. The molecule has 11 heteroatoms. The molecule has 0 spiro atoms. The molecule has 0 aliphatic carbocycles. The molecule has 2 unspecified atom stereocenters. The molecule has 1 aromatic heterocycles. The molecule has 1 aromatic rings. The quantitative estimate of drug-likeness (QED) is 0.578. The van der Waals surface area contributed by atoms with Gasteiger partial charge in [0.1, 0.15) is 0 Å². The van der Waals surface area contributed by atoms with E-state index >= 15 is 0 Å². The Balaban J connectivity index is 1.66. The van der Waals surface area contributed by atoms with Crippen LogP contribution >= 0.6 is 0 Å². The van der Waals surface area contributed by atoms with Gasteiger partial charge in [-0.2, -0.15) is 0 Å². The summed E-state index contributed by atoms with van der Waals surface area (Å²) in [5.74, 6) is -0.428. The highest BCUT2D eigenvalue weighted by Gasteiger charge is 2.45. The SMILES string of the molecule is COCCCN1C(=O)C2CC(NC(=O)c3ccc(OC)nc3)CN2CCS1(=O)=O. The van der Waals surface area contributed by atoms with Crippen LogP contribution in [0, 0.1) is 0 Å².